The van der Waals surface area contributed by atoms with Gasteiger partial charge in [0.25, 0.3) is 5.91 Å². The summed E-state index contributed by atoms with van der Waals surface area (Å²) < 4.78 is 5.14. The Morgan fingerprint density at radius 3 is 2.50 bits per heavy atom. The molecule has 150 valence electrons. The van der Waals surface area contributed by atoms with Crippen molar-refractivity contribution in [2.75, 3.05) is 44.2 Å². The van der Waals surface area contributed by atoms with E-state index in [0.717, 1.165) is 75.9 Å². The Hall–Kier alpha value is -2.12. The van der Waals surface area contributed by atoms with Crippen LogP contribution in [0.3, 0.4) is 0 Å². The van der Waals surface area contributed by atoms with Crippen molar-refractivity contribution in [3.63, 3.8) is 0 Å². The van der Waals surface area contributed by atoms with Crippen molar-refractivity contribution in [2.24, 2.45) is 0 Å². The third-order valence-corrected chi connectivity index (χ3v) is 5.72. The lowest BCUT2D eigenvalue weighted by atomic mass is 10.1. The predicted octanol–water partition coefficient (Wildman–Crippen LogP) is 2.98. The van der Waals surface area contributed by atoms with Crippen molar-refractivity contribution < 1.29 is 9.32 Å². The van der Waals surface area contributed by atoms with Crippen molar-refractivity contribution in [1.82, 2.24) is 19.9 Å². The number of nitrogens with zero attached hydrogens (tertiary/aromatic N) is 5. The molecule has 1 amide bonds. The highest BCUT2D eigenvalue weighted by molar-refractivity contribution is 6.33. The zero-order valence-electron chi connectivity index (χ0n) is 16.2. The Balaban J connectivity index is 1.36. The molecule has 2 saturated heterocycles. The standard InChI is InChI=1S/C20H26ClN5O2/c1-15-11-17(23-28-15)14-24-7-9-25(10-8-24)19-18(21)12-16(13-22-19)20(27)26-5-3-2-4-6-26/h11-13H,2-10,14H2,1H3. The molecule has 0 unspecified atom stereocenters. The van der Waals surface area contributed by atoms with Crippen molar-refractivity contribution in [3.05, 3.63) is 40.4 Å². The maximum atomic E-state index is 12.7. The van der Waals surface area contributed by atoms with E-state index in [1.54, 1.807) is 12.3 Å². The SMILES string of the molecule is Cc1cc(CN2CCN(c3ncc(C(=O)N4CCCCC4)cc3Cl)CC2)no1. The molecule has 0 N–H and O–H groups in total. The molecular formula is C20H26ClN5O2. The van der Waals surface area contributed by atoms with E-state index in [9.17, 15) is 4.79 Å². The third kappa shape index (κ3) is 4.31. The first-order valence-corrected chi connectivity index (χ1v) is 10.3. The maximum Gasteiger partial charge on any atom is 0.255 e. The highest BCUT2D eigenvalue weighted by Crippen LogP contribution is 2.26. The number of hydrogen-bond donors (Lipinski definition) is 0. The van der Waals surface area contributed by atoms with Crippen LogP contribution in [0, 0.1) is 6.92 Å². The number of piperidine rings is 1. The van der Waals surface area contributed by atoms with Crippen molar-refractivity contribution >= 4 is 23.3 Å². The number of hydrogen-bond acceptors (Lipinski definition) is 6. The van der Waals surface area contributed by atoms with Crippen LogP contribution in [0.2, 0.25) is 5.02 Å². The minimum atomic E-state index is 0.0355. The topological polar surface area (TPSA) is 65.7 Å². The molecule has 2 aliphatic heterocycles. The van der Waals surface area contributed by atoms with Crippen LogP contribution in [0.25, 0.3) is 0 Å². The van der Waals surface area contributed by atoms with Crippen LogP contribution in [0.4, 0.5) is 5.82 Å². The van der Waals surface area contributed by atoms with Crippen molar-refractivity contribution in [2.45, 2.75) is 32.7 Å². The monoisotopic (exact) mass is 403 g/mol. The molecule has 2 aromatic rings. The Bertz CT molecular complexity index is 826. The summed E-state index contributed by atoms with van der Waals surface area (Å²) in [6.45, 7) is 7.82. The summed E-state index contributed by atoms with van der Waals surface area (Å²) in [5, 5.41) is 4.61. The highest BCUT2D eigenvalue weighted by Gasteiger charge is 2.23. The van der Waals surface area contributed by atoms with Crippen LogP contribution >= 0.6 is 11.6 Å². The molecule has 8 heteroatoms. The fraction of sp³-hybridized carbons (Fsp3) is 0.550. The van der Waals surface area contributed by atoms with Gasteiger partial charge in [-0.05, 0) is 32.3 Å². The van der Waals surface area contributed by atoms with Gasteiger partial charge < -0.3 is 14.3 Å². The number of carbonyl (C=O) groups is 1. The van der Waals surface area contributed by atoms with E-state index in [1.807, 2.05) is 17.9 Å². The average Bonchev–Trinajstić information content (AvgIpc) is 3.13. The number of halogens is 1. The maximum absolute atomic E-state index is 12.7. The van der Waals surface area contributed by atoms with Gasteiger partial charge in [0.2, 0.25) is 0 Å². The number of rotatable bonds is 4. The first-order valence-electron chi connectivity index (χ1n) is 9.94. The third-order valence-electron chi connectivity index (χ3n) is 5.45. The van der Waals surface area contributed by atoms with Crippen LogP contribution in [0.5, 0.6) is 0 Å². The van der Waals surface area contributed by atoms with E-state index >= 15 is 0 Å². The van der Waals surface area contributed by atoms with Gasteiger partial charge in [-0.1, -0.05) is 16.8 Å². The zero-order valence-corrected chi connectivity index (χ0v) is 17.0. The summed E-state index contributed by atoms with van der Waals surface area (Å²) in [7, 11) is 0. The van der Waals surface area contributed by atoms with E-state index in [4.69, 9.17) is 16.1 Å². The normalized spacial score (nSPS) is 18.5. The highest BCUT2D eigenvalue weighted by atomic mass is 35.5. The van der Waals surface area contributed by atoms with Gasteiger partial charge >= 0.3 is 0 Å². The van der Waals surface area contributed by atoms with Gasteiger partial charge in [-0.2, -0.15) is 0 Å². The van der Waals surface area contributed by atoms with Crippen LogP contribution < -0.4 is 4.90 Å². The lowest BCUT2D eigenvalue weighted by Crippen LogP contribution is -2.46. The van der Waals surface area contributed by atoms with E-state index < -0.39 is 0 Å². The number of amides is 1. The molecule has 0 aromatic carbocycles. The quantitative estimate of drug-likeness (QED) is 0.781. The second-order valence-corrected chi connectivity index (χ2v) is 7.98. The van der Waals surface area contributed by atoms with Crippen LogP contribution in [0.15, 0.2) is 22.9 Å². The Kier molecular flexibility index (Phi) is 5.82. The van der Waals surface area contributed by atoms with Crippen molar-refractivity contribution in [3.8, 4) is 0 Å². The van der Waals surface area contributed by atoms with Gasteiger partial charge in [0.05, 0.1) is 16.3 Å². The summed E-state index contributed by atoms with van der Waals surface area (Å²) in [5.41, 5.74) is 1.54. The minimum absolute atomic E-state index is 0.0355. The second kappa shape index (κ2) is 8.49. The van der Waals surface area contributed by atoms with Gasteiger partial charge in [-0.15, -0.1) is 0 Å². The van der Waals surface area contributed by atoms with Gasteiger partial charge in [0.15, 0.2) is 0 Å². The smallest absolute Gasteiger partial charge is 0.255 e. The van der Waals surface area contributed by atoms with Gasteiger partial charge in [0.1, 0.15) is 11.6 Å². The second-order valence-electron chi connectivity index (χ2n) is 7.57. The Labute approximate surface area is 170 Å². The summed E-state index contributed by atoms with van der Waals surface area (Å²) >= 11 is 6.50. The number of anilines is 1. The van der Waals surface area contributed by atoms with Crippen LogP contribution in [-0.2, 0) is 6.54 Å². The zero-order chi connectivity index (χ0) is 19.5. The largest absolute Gasteiger partial charge is 0.361 e. The lowest BCUT2D eigenvalue weighted by molar-refractivity contribution is 0.0724. The molecule has 4 heterocycles. The van der Waals surface area contributed by atoms with Gasteiger partial charge in [-0.25, -0.2) is 4.98 Å². The van der Waals surface area contributed by atoms with Crippen LogP contribution in [0.1, 0.15) is 41.1 Å². The molecule has 4 rings (SSSR count). The van der Waals surface area contributed by atoms with Gasteiger partial charge in [-0.3, -0.25) is 9.69 Å². The fourth-order valence-corrected chi connectivity index (χ4v) is 4.19. The summed E-state index contributed by atoms with van der Waals surface area (Å²) in [6, 6.07) is 3.74. The fourth-order valence-electron chi connectivity index (χ4n) is 3.90. The molecule has 28 heavy (non-hydrogen) atoms. The Morgan fingerprint density at radius 2 is 1.86 bits per heavy atom. The predicted molar refractivity (Wildman–Crippen MR) is 108 cm³/mol. The van der Waals surface area contributed by atoms with Gasteiger partial charge in [0, 0.05) is 58.1 Å². The van der Waals surface area contributed by atoms with E-state index in [-0.39, 0.29) is 5.91 Å². The molecule has 2 aromatic heterocycles. The number of pyridine rings is 1. The summed E-state index contributed by atoms with van der Waals surface area (Å²) in [6.07, 6.45) is 5.01. The number of aryl methyl sites for hydroxylation is 1. The molecule has 0 spiro atoms. The summed E-state index contributed by atoms with van der Waals surface area (Å²) in [4.78, 5) is 23.6. The summed E-state index contributed by atoms with van der Waals surface area (Å²) in [5.74, 6) is 1.63. The molecule has 0 saturated carbocycles. The molecule has 7 nitrogen and oxygen atoms in total. The molecule has 0 bridgehead atoms. The first kappa shape index (κ1) is 19.2. The van der Waals surface area contributed by atoms with Crippen LogP contribution in [-0.4, -0.2) is 65.1 Å². The molecule has 2 aliphatic rings. The van der Waals surface area contributed by atoms with E-state index in [1.165, 1.54) is 6.42 Å². The van der Waals surface area contributed by atoms with E-state index in [2.05, 4.69) is 19.9 Å². The van der Waals surface area contributed by atoms with Crippen molar-refractivity contribution in [1.29, 1.82) is 0 Å². The Morgan fingerprint density at radius 1 is 1.11 bits per heavy atom. The molecule has 0 atom stereocenters. The average molecular weight is 404 g/mol. The lowest BCUT2D eigenvalue weighted by Gasteiger charge is -2.35. The molecule has 2 fully saturated rings. The molecular weight excluding hydrogens is 378 g/mol. The molecule has 0 aliphatic carbocycles. The molecule has 0 radical (unpaired) electrons. The number of likely N-dealkylation sites (tertiary alicyclic amines) is 1. The van der Waals surface area contributed by atoms with E-state index in [0.29, 0.717) is 10.6 Å². The first-order chi connectivity index (χ1) is 13.6. The minimum Gasteiger partial charge on any atom is -0.361 e. The number of carbonyl (C=O) groups excluding carboxylic acids is 1. The number of aromatic nitrogens is 2. The number of piperazine rings is 1.